The largest absolute Gasteiger partial charge is 0.375 e. The highest BCUT2D eigenvalue weighted by atomic mass is 32.2. The van der Waals surface area contributed by atoms with Crippen LogP contribution in [0.1, 0.15) is 23.2 Å². The molecule has 0 spiro atoms. The van der Waals surface area contributed by atoms with Crippen LogP contribution < -0.4 is 11.1 Å². The lowest BCUT2D eigenvalue weighted by molar-refractivity contribution is 0.0953. The third-order valence-electron chi connectivity index (χ3n) is 3.62. The number of sulfone groups is 1. The topological polar surface area (TPSA) is 102 Å². The standard InChI is InChI=1S/C13H15N3O3S2/c14-13-16-10-4-3-8(6-11(10)20-13)12(17)15-7-9-2-1-5-21(9,18)19/h3-4,6,9H,1-2,5,7H2,(H2,14,16)(H,15,17). The van der Waals surface area contributed by atoms with E-state index >= 15 is 0 Å². The molecule has 0 bridgehead atoms. The number of hydrogen-bond donors (Lipinski definition) is 2. The molecule has 1 aromatic carbocycles. The van der Waals surface area contributed by atoms with Crippen LogP contribution >= 0.6 is 11.3 Å². The number of hydrogen-bond acceptors (Lipinski definition) is 6. The minimum absolute atomic E-state index is 0.171. The average molecular weight is 325 g/mol. The van der Waals surface area contributed by atoms with Gasteiger partial charge in [-0.2, -0.15) is 0 Å². The number of nitrogens with one attached hydrogen (secondary N) is 1. The molecular weight excluding hydrogens is 310 g/mol. The van der Waals surface area contributed by atoms with Gasteiger partial charge in [0, 0.05) is 12.1 Å². The summed E-state index contributed by atoms with van der Waals surface area (Å²) in [6.45, 7) is 0.171. The van der Waals surface area contributed by atoms with Crippen LogP contribution in [0.15, 0.2) is 18.2 Å². The van der Waals surface area contributed by atoms with Gasteiger partial charge < -0.3 is 11.1 Å². The Morgan fingerprint density at radius 1 is 1.48 bits per heavy atom. The molecule has 0 aliphatic carbocycles. The van der Waals surface area contributed by atoms with Crippen LogP contribution in [0.4, 0.5) is 5.13 Å². The molecule has 6 nitrogen and oxygen atoms in total. The van der Waals surface area contributed by atoms with Crippen LogP contribution in [0.3, 0.4) is 0 Å². The van der Waals surface area contributed by atoms with Crippen molar-refractivity contribution >= 4 is 42.4 Å². The molecule has 1 fully saturated rings. The zero-order chi connectivity index (χ0) is 15.0. The van der Waals surface area contributed by atoms with E-state index in [1.807, 2.05) is 0 Å². The summed E-state index contributed by atoms with van der Waals surface area (Å²) < 4.78 is 24.3. The summed E-state index contributed by atoms with van der Waals surface area (Å²) in [7, 11) is -3.04. The molecule has 1 unspecified atom stereocenters. The zero-order valence-electron chi connectivity index (χ0n) is 11.2. The lowest BCUT2D eigenvalue weighted by atomic mass is 10.2. The number of fused-ring (bicyclic) bond motifs is 1. The van der Waals surface area contributed by atoms with Gasteiger partial charge in [-0.25, -0.2) is 13.4 Å². The number of carbonyl (C=O) groups excluding carboxylic acids is 1. The molecule has 21 heavy (non-hydrogen) atoms. The van der Waals surface area contributed by atoms with E-state index in [4.69, 9.17) is 5.73 Å². The summed E-state index contributed by atoms with van der Waals surface area (Å²) >= 11 is 1.32. The second-order valence-electron chi connectivity index (χ2n) is 5.08. The lowest BCUT2D eigenvalue weighted by Crippen LogP contribution is -2.34. The molecule has 2 heterocycles. The van der Waals surface area contributed by atoms with Crippen molar-refractivity contribution in [3.05, 3.63) is 23.8 Å². The van der Waals surface area contributed by atoms with Gasteiger partial charge in [0.1, 0.15) is 0 Å². The predicted octanol–water partition coefficient (Wildman–Crippen LogP) is 1.19. The maximum atomic E-state index is 12.1. The maximum absolute atomic E-state index is 12.1. The van der Waals surface area contributed by atoms with E-state index in [-0.39, 0.29) is 18.2 Å². The number of aromatic nitrogens is 1. The molecule has 2 aromatic rings. The molecule has 3 N–H and O–H groups in total. The smallest absolute Gasteiger partial charge is 0.251 e. The van der Waals surface area contributed by atoms with E-state index in [9.17, 15) is 13.2 Å². The molecule has 0 saturated carbocycles. The first-order valence-electron chi connectivity index (χ1n) is 6.61. The minimum Gasteiger partial charge on any atom is -0.375 e. The third-order valence-corrected chi connectivity index (χ3v) is 6.74. The average Bonchev–Trinajstić information content (AvgIpc) is 2.96. The molecule has 1 amide bonds. The Kier molecular flexibility index (Phi) is 3.58. The number of nitrogen functional groups attached to an aromatic ring is 1. The molecule has 1 aliphatic heterocycles. The SMILES string of the molecule is Nc1nc2ccc(C(=O)NCC3CCCS3(=O)=O)cc2s1. The number of amides is 1. The second kappa shape index (κ2) is 5.27. The fourth-order valence-electron chi connectivity index (χ4n) is 2.48. The van der Waals surface area contributed by atoms with Crippen LogP contribution in [-0.2, 0) is 9.84 Å². The predicted molar refractivity (Wildman–Crippen MR) is 83.2 cm³/mol. The highest BCUT2D eigenvalue weighted by Gasteiger charge is 2.31. The Bertz CT molecular complexity index is 798. The molecule has 1 aliphatic rings. The van der Waals surface area contributed by atoms with Crippen molar-refractivity contribution in [2.75, 3.05) is 18.0 Å². The molecule has 3 rings (SSSR count). The number of benzene rings is 1. The minimum atomic E-state index is -3.04. The van der Waals surface area contributed by atoms with Gasteiger partial charge in [-0.3, -0.25) is 4.79 Å². The second-order valence-corrected chi connectivity index (χ2v) is 8.54. The number of thiazole rings is 1. The zero-order valence-corrected chi connectivity index (χ0v) is 12.8. The first kappa shape index (κ1) is 14.3. The van der Waals surface area contributed by atoms with Gasteiger partial charge in [0.25, 0.3) is 5.91 Å². The summed E-state index contributed by atoms with van der Waals surface area (Å²) in [5, 5.41) is 2.71. The van der Waals surface area contributed by atoms with Gasteiger partial charge >= 0.3 is 0 Å². The van der Waals surface area contributed by atoms with Gasteiger partial charge in [0.15, 0.2) is 15.0 Å². The van der Waals surface area contributed by atoms with E-state index in [1.165, 1.54) is 11.3 Å². The van der Waals surface area contributed by atoms with Crippen molar-refractivity contribution in [1.29, 1.82) is 0 Å². The van der Waals surface area contributed by atoms with Gasteiger partial charge in [0.2, 0.25) is 0 Å². The van der Waals surface area contributed by atoms with E-state index in [1.54, 1.807) is 18.2 Å². The molecule has 1 atom stereocenters. The number of anilines is 1. The fourth-order valence-corrected chi connectivity index (χ4v) is 5.02. The fraction of sp³-hybridized carbons (Fsp3) is 0.385. The maximum Gasteiger partial charge on any atom is 0.251 e. The Morgan fingerprint density at radius 3 is 3.00 bits per heavy atom. The Balaban J connectivity index is 1.72. The first-order chi connectivity index (χ1) is 9.95. The van der Waals surface area contributed by atoms with E-state index < -0.39 is 15.1 Å². The molecule has 1 aromatic heterocycles. The summed E-state index contributed by atoms with van der Waals surface area (Å²) in [5.41, 5.74) is 6.87. The number of nitrogens with zero attached hydrogens (tertiary/aromatic N) is 1. The lowest BCUT2D eigenvalue weighted by Gasteiger charge is -2.10. The molecule has 112 valence electrons. The van der Waals surface area contributed by atoms with E-state index in [0.717, 1.165) is 10.2 Å². The summed E-state index contributed by atoms with van der Waals surface area (Å²) in [6, 6.07) is 5.13. The molecule has 8 heteroatoms. The summed E-state index contributed by atoms with van der Waals surface area (Å²) in [6.07, 6.45) is 1.29. The van der Waals surface area contributed by atoms with Gasteiger partial charge in [0.05, 0.1) is 21.2 Å². The van der Waals surface area contributed by atoms with Crippen LogP contribution in [0, 0.1) is 0 Å². The summed E-state index contributed by atoms with van der Waals surface area (Å²) in [4.78, 5) is 16.2. The number of rotatable bonds is 3. The van der Waals surface area contributed by atoms with Crippen molar-refractivity contribution in [2.24, 2.45) is 0 Å². The van der Waals surface area contributed by atoms with Crippen molar-refractivity contribution in [2.45, 2.75) is 18.1 Å². The van der Waals surface area contributed by atoms with Crippen LogP contribution in [0.5, 0.6) is 0 Å². The van der Waals surface area contributed by atoms with E-state index in [2.05, 4.69) is 10.3 Å². The van der Waals surface area contributed by atoms with Crippen molar-refractivity contribution in [1.82, 2.24) is 10.3 Å². The number of carbonyl (C=O) groups is 1. The summed E-state index contributed by atoms with van der Waals surface area (Å²) in [5.74, 6) is -0.0504. The number of nitrogens with two attached hydrogens (primary N) is 1. The third kappa shape index (κ3) is 2.86. The van der Waals surface area contributed by atoms with Crippen molar-refractivity contribution < 1.29 is 13.2 Å². The molecule has 1 saturated heterocycles. The van der Waals surface area contributed by atoms with Crippen LogP contribution in [-0.4, -0.2) is 36.9 Å². The highest BCUT2D eigenvalue weighted by Crippen LogP contribution is 2.24. The van der Waals surface area contributed by atoms with Gasteiger partial charge in [-0.15, -0.1) is 0 Å². The van der Waals surface area contributed by atoms with Crippen LogP contribution in [0.2, 0.25) is 0 Å². The van der Waals surface area contributed by atoms with Gasteiger partial charge in [-0.05, 0) is 31.0 Å². The van der Waals surface area contributed by atoms with Crippen molar-refractivity contribution in [3.63, 3.8) is 0 Å². The van der Waals surface area contributed by atoms with E-state index in [0.29, 0.717) is 23.5 Å². The Morgan fingerprint density at radius 2 is 2.29 bits per heavy atom. The van der Waals surface area contributed by atoms with Crippen molar-refractivity contribution in [3.8, 4) is 0 Å². The first-order valence-corrected chi connectivity index (χ1v) is 9.15. The monoisotopic (exact) mass is 325 g/mol. The Labute approximate surface area is 126 Å². The van der Waals surface area contributed by atoms with Crippen LogP contribution in [0.25, 0.3) is 10.2 Å². The molecule has 0 radical (unpaired) electrons. The molecular formula is C13H15N3O3S2. The quantitative estimate of drug-likeness (QED) is 0.882. The normalized spacial score (nSPS) is 20.7. The van der Waals surface area contributed by atoms with Gasteiger partial charge in [-0.1, -0.05) is 11.3 Å². The highest BCUT2D eigenvalue weighted by molar-refractivity contribution is 7.92. The Hall–Kier alpha value is -1.67.